The zero-order chi connectivity index (χ0) is 11.8. The summed E-state index contributed by atoms with van der Waals surface area (Å²) in [6, 6.07) is -0.933. The number of Topliss-reactive ketones (excluding diaryl/α,β-unsaturated/α-hetero) is 1. The van der Waals surface area contributed by atoms with Crippen LogP contribution in [0.15, 0.2) is 11.5 Å². The molecule has 5 heteroatoms. The van der Waals surface area contributed by atoms with Gasteiger partial charge in [0, 0.05) is 12.8 Å². The quantitative estimate of drug-likeness (QED) is 0.660. The molecule has 0 spiro atoms. The maximum atomic E-state index is 11.3. The molecule has 0 aliphatic carbocycles. The van der Waals surface area contributed by atoms with Gasteiger partial charge < -0.3 is 10.8 Å². The van der Waals surface area contributed by atoms with E-state index in [-0.39, 0.29) is 18.6 Å². The van der Waals surface area contributed by atoms with Gasteiger partial charge in [-0.25, -0.2) is 0 Å². The van der Waals surface area contributed by atoms with E-state index in [1.54, 1.807) is 0 Å². The van der Waals surface area contributed by atoms with Crippen LogP contribution in [0.5, 0.6) is 0 Å². The largest absolute Gasteiger partial charge is 0.480 e. The van der Waals surface area contributed by atoms with Gasteiger partial charge in [-0.3, -0.25) is 9.59 Å². The highest BCUT2D eigenvalue weighted by atomic mass is 32.2. The Morgan fingerprint density at radius 2 is 2.00 bits per heavy atom. The Hall–Kier alpha value is -0.810. The SMILES string of the molecule is C=C(CCC(=O)CCC(N)C(=O)O)SC. The van der Waals surface area contributed by atoms with E-state index in [9.17, 15) is 9.59 Å². The molecule has 0 heterocycles. The van der Waals surface area contributed by atoms with Gasteiger partial charge in [0.15, 0.2) is 0 Å². The third kappa shape index (κ3) is 7.16. The smallest absolute Gasteiger partial charge is 0.320 e. The maximum Gasteiger partial charge on any atom is 0.320 e. The fraction of sp³-hybridized carbons (Fsp3) is 0.600. The molecule has 0 saturated carbocycles. The van der Waals surface area contributed by atoms with Gasteiger partial charge in [0.25, 0.3) is 0 Å². The van der Waals surface area contributed by atoms with Crippen LogP contribution in [0.1, 0.15) is 25.7 Å². The second-order valence-electron chi connectivity index (χ2n) is 3.26. The van der Waals surface area contributed by atoms with Crippen molar-refractivity contribution in [3.63, 3.8) is 0 Å². The molecule has 0 bridgehead atoms. The van der Waals surface area contributed by atoms with Gasteiger partial charge in [0.05, 0.1) is 0 Å². The van der Waals surface area contributed by atoms with Crippen LogP contribution < -0.4 is 5.73 Å². The van der Waals surface area contributed by atoms with Crippen LogP contribution in [0.3, 0.4) is 0 Å². The maximum absolute atomic E-state index is 11.3. The van der Waals surface area contributed by atoms with Crippen LogP contribution in [-0.4, -0.2) is 29.2 Å². The van der Waals surface area contributed by atoms with Crippen LogP contribution in [0.2, 0.25) is 0 Å². The van der Waals surface area contributed by atoms with E-state index in [1.807, 2.05) is 6.26 Å². The van der Waals surface area contributed by atoms with Crippen molar-refractivity contribution in [2.45, 2.75) is 31.7 Å². The van der Waals surface area contributed by atoms with E-state index >= 15 is 0 Å². The Bertz CT molecular complexity index is 253. The number of aliphatic carboxylic acids is 1. The topological polar surface area (TPSA) is 80.4 Å². The number of hydrogen-bond donors (Lipinski definition) is 2. The predicted octanol–water partition coefficient (Wildman–Crippen LogP) is 1.40. The number of carbonyl (C=O) groups is 2. The summed E-state index contributed by atoms with van der Waals surface area (Å²) in [5.41, 5.74) is 5.27. The highest BCUT2D eigenvalue weighted by Gasteiger charge is 2.13. The van der Waals surface area contributed by atoms with Gasteiger partial charge in [-0.05, 0) is 24.0 Å². The second-order valence-corrected chi connectivity index (χ2v) is 4.25. The van der Waals surface area contributed by atoms with Gasteiger partial charge in [-0.15, -0.1) is 11.8 Å². The highest BCUT2D eigenvalue weighted by molar-refractivity contribution is 8.02. The van der Waals surface area contributed by atoms with E-state index in [4.69, 9.17) is 10.8 Å². The van der Waals surface area contributed by atoms with Crippen LogP contribution in [0.25, 0.3) is 0 Å². The van der Waals surface area contributed by atoms with Crippen LogP contribution in [-0.2, 0) is 9.59 Å². The van der Waals surface area contributed by atoms with E-state index in [0.29, 0.717) is 12.8 Å². The number of carbonyl (C=O) groups excluding carboxylic acids is 1. The van der Waals surface area contributed by atoms with Crippen LogP contribution in [0, 0.1) is 0 Å². The van der Waals surface area contributed by atoms with Crippen LogP contribution >= 0.6 is 11.8 Å². The minimum atomic E-state index is -1.06. The summed E-state index contributed by atoms with van der Waals surface area (Å²) >= 11 is 1.53. The van der Waals surface area contributed by atoms with Crippen LogP contribution in [0.4, 0.5) is 0 Å². The molecular formula is C10H17NO3S. The van der Waals surface area contributed by atoms with Crippen molar-refractivity contribution < 1.29 is 14.7 Å². The number of carboxylic acids is 1. The molecule has 0 aromatic carbocycles. The van der Waals surface area contributed by atoms with Crippen molar-refractivity contribution >= 4 is 23.5 Å². The molecule has 0 aliphatic heterocycles. The average molecular weight is 231 g/mol. The van der Waals surface area contributed by atoms with Crippen molar-refractivity contribution in [3.05, 3.63) is 11.5 Å². The summed E-state index contributed by atoms with van der Waals surface area (Å²) < 4.78 is 0. The Labute approximate surface area is 93.9 Å². The zero-order valence-electron chi connectivity index (χ0n) is 8.86. The molecule has 0 fully saturated rings. The van der Waals surface area contributed by atoms with Crippen molar-refractivity contribution in [1.82, 2.24) is 0 Å². The van der Waals surface area contributed by atoms with Crippen molar-refractivity contribution in [3.8, 4) is 0 Å². The van der Waals surface area contributed by atoms with Gasteiger partial charge in [-0.2, -0.15) is 0 Å². The Balaban J connectivity index is 3.66. The molecule has 0 rings (SSSR count). The van der Waals surface area contributed by atoms with E-state index in [1.165, 1.54) is 11.8 Å². The third-order valence-electron chi connectivity index (χ3n) is 2.02. The molecule has 86 valence electrons. The standard InChI is InChI=1S/C10H17NO3S/c1-7(15-2)3-4-8(12)5-6-9(11)10(13)14/h9H,1,3-6,11H2,2H3,(H,13,14). The predicted molar refractivity (Wildman–Crippen MR) is 61.7 cm³/mol. The lowest BCUT2D eigenvalue weighted by molar-refractivity contribution is -0.138. The zero-order valence-corrected chi connectivity index (χ0v) is 9.68. The van der Waals surface area contributed by atoms with Gasteiger partial charge in [0.2, 0.25) is 0 Å². The van der Waals surface area contributed by atoms with E-state index < -0.39 is 12.0 Å². The lowest BCUT2D eigenvalue weighted by atomic mass is 10.1. The molecule has 0 radical (unpaired) electrons. The third-order valence-corrected chi connectivity index (χ3v) is 2.80. The molecule has 0 aromatic rings. The number of ketones is 1. The number of nitrogens with two attached hydrogens (primary N) is 1. The van der Waals surface area contributed by atoms with E-state index in [2.05, 4.69) is 6.58 Å². The molecule has 3 N–H and O–H groups in total. The number of thioether (sulfide) groups is 1. The minimum absolute atomic E-state index is 0.0434. The molecular weight excluding hydrogens is 214 g/mol. The first kappa shape index (κ1) is 14.2. The van der Waals surface area contributed by atoms with Crippen molar-refractivity contribution in [2.75, 3.05) is 6.26 Å². The Morgan fingerprint density at radius 1 is 1.40 bits per heavy atom. The summed E-state index contributed by atoms with van der Waals surface area (Å²) in [5.74, 6) is -1.02. The summed E-state index contributed by atoms with van der Waals surface area (Å²) in [6.07, 6.45) is 3.43. The summed E-state index contributed by atoms with van der Waals surface area (Å²) in [7, 11) is 0. The molecule has 0 aliphatic rings. The van der Waals surface area contributed by atoms with Gasteiger partial charge in [-0.1, -0.05) is 6.58 Å². The molecule has 15 heavy (non-hydrogen) atoms. The van der Waals surface area contributed by atoms with Gasteiger partial charge in [0.1, 0.15) is 11.8 Å². The first-order valence-electron chi connectivity index (χ1n) is 4.69. The fourth-order valence-corrected chi connectivity index (χ4v) is 1.25. The first-order valence-corrected chi connectivity index (χ1v) is 5.91. The van der Waals surface area contributed by atoms with Crippen molar-refractivity contribution in [1.29, 1.82) is 0 Å². The number of rotatable bonds is 8. The minimum Gasteiger partial charge on any atom is -0.480 e. The summed E-state index contributed by atoms with van der Waals surface area (Å²) in [6.45, 7) is 3.76. The number of hydrogen-bond acceptors (Lipinski definition) is 4. The fourth-order valence-electron chi connectivity index (χ4n) is 0.946. The monoisotopic (exact) mass is 231 g/mol. The normalized spacial score (nSPS) is 12.1. The summed E-state index contributed by atoms with van der Waals surface area (Å²) in [5, 5.41) is 8.50. The van der Waals surface area contributed by atoms with E-state index in [0.717, 1.165) is 4.91 Å². The summed E-state index contributed by atoms with van der Waals surface area (Å²) in [4.78, 5) is 22.6. The second kappa shape index (κ2) is 7.48. The Kier molecular flexibility index (Phi) is 7.07. The molecule has 0 amide bonds. The number of allylic oxidation sites excluding steroid dienone is 1. The molecule has 4 nitrogen and oxygen atoms in total. The molecule has 1 unspecified atom stereocenters. The highest BCUT2D eigenvalue weighted by Crippen LogP contribution is 2.15. The Morgan fingerprint density at radius 3 is 2.47 bits per heavy atom. The molecule has 1 atom stereocenters. The molecule has 0 aromatic heterocycles. The average Bonchev–Trinajstić information content (AvgIpc) is 2.21. The number of carboxylic acid groups (broad SMARTS) is 1. The first-order chi connectivity index (χ1) is 6.97. The lowest BCUT2D eigenvalue weighted by Gasteiger charge is -2.05. The molecule has 0 saturated heterocycles. The lowest BCUT2D eigenvalue weighted by Crippen LogP contribution is -2.30. The van der Waals surface area contributed by atoms with Gasteiger partial charge >= 0.3 is 5.97 Å². The van der Waals surface area contributed by atoms with Crippen molar-refractivity contribution in [2.24, 2.45) is 5.73 Å².